The van der Waals surface area contributed by atoms with Crippen molar-refractivity contribution in [1.29, 1.82) is 0 Å². The molecule has 0 saturated carbocycles. The molecular weight excluding hydrogens is 308 g/mol. The molecular formula is C15H17ClN2O2S. The number of esters is 1. The number of rotatable bonds is 3. The summed E-state index contributed by atoms with van der Waals surface area (Å²) in [6, 6.07) is 4.65. The summed E-state index contributed by atoms with van der Waals surface area (Å²) in [7, 11) is 0. The lowest BCUT2D eigenvalue weighted by atomic mass is 9.93. The van der Waals surface area contributed by atoms with Crippen LogP contribution in [0.4, 0.5) is 5.69 Å². The zero-order valence-corrected chi connectivity index (χ0v) is 13.7. The summed E-state index contributed by atoms with van der Waals surface area (Å²) in [5.41, 5.74) is 7.40. The molecule has 0 atom stereocenters. The van der Waals surface area contributed by atoms with Gasteiger partial charge in [0.15, 0.2) is 0 Å². The molecule has 1 heterocycles. The second-order valence-electron chi connectivity index (χ2n) is 5.73. The molecule has 4 nitrogen and oxygen atoms in total. The normalized spacial score (nSPS) is 11.4. The van der Waals surface area contributed by atoms with Crippen molar-refractivity contribution in [3.8, 4) is 0 Å². The first-order chi connectivity index (χ1) is 9.75. The SMILES string of the molecule is CC(C)(C)c1csc(COC(=O)c2cc(N)cc(Cl)c2)n1. The number of benzene rings is 1. The molecule has 112 valence electrons. The van der Waals surface area contributed by atoms with Gasteiger partial charge >= 0.3 is 5.97 Å². The maximum Gasteiger partial charge on any atom is 0.338 e. The number of halogens is 1. The van der Waals surface area contributed by atoms with E-state index in [1.807, 2.05) is 5.38 Å². The third-order valence-corrected chi connectivity index (χ3v) is 3.84. The van der Waals surface area contributed by atoms with Crippen LogP contribution in [0.2, 0.25) is 5.02 Å². The predicted molar refractivity (Wildman–Crippen MR) is 85.8 cm³/mol. The number of carbonyl (C=O) groups excluding carboxylic acids is 1. The first kappa shape index (κ1) is 15.8. The molecule has 1 aromatic heterocycles. The Labute approximate surface area is 132 Å². The van der Waals surface area contributed by atoms with Crippen LogP contribution in [-0.2, 0) is 16.8 Å². The smallest absolute Gasteiger partial charge is 0.338 e. The molecule has 0 aliphatic rings. The molecule has 0 bridgehead atoms. The highest BCUT2D eigenvalue weighted by atomic mass is 35.5. The first-order valence-corrected chi connectivity index (χ1v) is 7.69. The number of nitrogen functional groups attached to an aromatic ring is 1. The van der Waals surface area contributed by atoms with Gasteiger partial charge in [-0.1, -0.05) is 32.4 Å². The predicted octanol–water partition coefficient (Wildman–Crippen LogP) is 4.03. The number of ether oxygens (including phenoxy) is 1. The highest BCUT2D eigenvalue weighted by Crippen LogP contribution is 2.24. The van der Waals surface area contributed by atoms with Crippen LogP contribution in [-0.4, -0.2) is 11.0 Å². The summed E-state index contributed by atoms with van der Waals surface area (Å²) in [5, 5.41) is 3.16. The lowest BCUT2D eigenvalue weighted by Gasteiger charge is -2.14. The van der Waals surface area contributed by atoms with Crippen molar-refractivity contribution in [2.75, 3.05) is 5.73 Å². The van der Waals surface area contributed by atoms with E-state index in [0.29, 0.717) is 16.3 Å². The van der Waals surface area contributed by atoms with Gasteiger partial charge < -0.3 is 10.5 Å². The number of carbonyl (C=O) groups is 1. The van der Waals surface area contributed by atoms with E-state index in [0.717, 1.165) is 10.7 Å². The van der Waals surface area contributed by atoms with Crippen LogP contribution in [0.3, 0.4) is 0 Å². The fraction of sp³-hybridized carbons (Fsp3) is 0.333. The van der Waals surface area contributed by atoms with Gasteiger partial charge in [0.25, 0.3) is 0 Å². The molecule has 0 aliphatic carbocycles. The summed E-state index contributed by atoms with van der Waals surface area (Å²) in [5.74, 6) is -0.461. The first-order valence-electron chi connectivity index (χ1n) is 6.44. The molecule has 0 unspecified atom stereocenters. The molecule has 6 heteroatoms. The summed E-state index contributed by atoms with van der Waals surface area (Å²) in [6.45, 7) is 6.41. The van der Waals surface area contributed by atoms with Crippen molar-refractivity contribution in [1.82, 2.24) is 4.98 Å². The standard InChI is InChI=1S/C15H17ClN2O2S/c1-15(2,3)12-8-21-13(18-12)7-20-14(19)9-4-10(16)6-11(17)5-9/h4-6,8H,7,17H2,1-3H3. The van der Waals surface area contributed by atoms with Gasteiger partial charge in [-0.05, 0) is 18.2 Å². The monoisotopic (exact) mass is 324 g/mol. The minimum atomic E-state index is -0.461. The number of aromatic nitrogens is 1. The molecule has 0 radical (unpaired) electrons. The van der Waals surface area contributed by atoms with Crippen LogP contribution in [0.15, 0.2) is 23.6 Å². The lowest BCUT2D eigenvalue weighted by molar-refractivity contribution is 0.0472. The van der Waals surface area contributed by atoms with Gasteiger partial charge in [0.1, 0.15) is 11.6 Å². The van der Waals surface area contributed by atoms with Crippen LogP contribution in [0, 0.1) is 0 Å². The van der Waals surface area contributed by atoms with Gasteiger partial charge in [0.2, 0.25) is 0 Å². The van der Waals surface area contributed by atoms with Crippen molar-refractivity contribution in [2.45, 2.75) is 32.8 Å². The van der Waals surface area contributed by atoms with E-state index < -0.39 is 5.97 Å². The number of anilines is 1. The van der Waals surface area contributed by atoms with Crippen LogP contribution >= 0.6 is 22.9 Å². The van der Waals surface area contributed by atoms with Gasteiger partial charge in [0.05, 0.1) is 11.3 Å². The zero-order valence-electron chi connectivity index (χ0n) is 12.1. The average Bonchev–Trinajstić information content (AvgIpc) is 2.83. The van der Waals surface area contributed by atoms with E-state index in [1.54, 1.807) is 6.07 Å². The molecule has 0 fully saturated rings. The number of nitrogens with zero attached hydrogens (tertiary/aromatic N) is 1. The van der Waals surface area contributed by atoms with E-state index in [2.05, 4.69) is 25.8 Å². The molecule has 0 amide bonds. The van der Waals surface area contributed by atoms with Crippen LogP contribution in [0.1, 0.15) is 41.8 Å². The summed E-state index contributed by atoms with van der Waals surface area (Å²) in [4.78, 5) is 16.4. The van der Waals surface area contributed by atoms with Gasteiger partial charge in [-0.25, -0.2) is 9.78 Å². The fourth-order valence-corrected chi connectivity index (χ4v) is 2.84. The number of hydrogen-bond donors (Lipinski definition) is 1. The molecule has 1 aromatic carbocycles. The zero-order chi connectivity index (χ0) is 15.6. The molecule has 2 N–H and O–H groups in total. The Morgan fingerprint density at radius 2 is 2.10 bits per heavy atom. The van der Waals surface area contributed by atoms with Crippen LogP contribution in [0.5, 0.6) is 0 Å². The third kappa shape index (κ3) is 4.19. The third-order valence-electron chi connectivity index (χ3n) is 2.80. The Balaban J connectivity index is 2.02. The van der Waals surface area contributed by atoms with Crippen LogP contribution < -0.4 is 5.73 Å². The van der Waals surface area contributed by atoms with E-state index in [4.69, 9.17) is 22.1 Å². The van der Waals surface area contributed by atoms with Crippen molar-refractivity contribution < 1.29 is 9.53 Å². The second kappa shape index (κ2) is 6.03. The maximum atomic E-state index is 12.0. The Morgan fingerprint density at radius 3 is 2.67 bits per heavy atom. The maximum absolute atomic E-state index is 12.0. The van der Waals surface area contributed by atoms with Gasteiger partial charge in [-0.3, -0.25) is 0 Å². The molecule has 0 aliphatic heterocycles. The second-order valence-corrected chi connectivity index (χ2v) is 7.10. The topological polar surface area (TPSA) is 65.2 Å². The molecule has 0 spiro atoms. The van der Waals surface area contributed by atoms with Gasteiger partial charge in [-0.2, -0.15) is 0 Å². The Kier molecular flexibility index (Phi) is 4.54. The number of thiazole rings is 1. The minimum Gasteiger partial charge on any atom is -0.455 e. The van der Waals surface area contributed by atoms with Crippen molar-refractivity contribution in [3.63, 3.8) is 0 Å². The minimum absolute atomic E-state index is 0.0137. The van der Waals surface area contributed by atoms with Crippen molar-refractivity contribution in [2.24, 2.45) is 0 Å². The summed E-state index contributed by atoms with van der Waals surface area (Å²) in [6.07, 6.45) is 0. The van der Waals surface area contributed by atoms with Crippen molar-refractivity contribution in [3.05, 3.63) is 44.9 Å². The number of nitrogens with two attached hydrogens (primary N) is 1. The highest BCUT2D eigenvalue weighted by molar-refractivity contribution is 7.09. The van der Waals surface area contributed by atoms with E-state index in [-0.39, 0.29) is 12.0 Å². The largest absolute Gasteiger partial charge is 0.455 e. The summed E-state index contributed by atoms with van der Waals surface area (Å²) < 4.78 is 5.24. The quantitative estimate of drug-likeness (QED) is 0.683. The molecule has 0 saturated heterocycles. The van der Waals surface area contributed by atoms with Gasteiger partial charge in [0, 0.05) is 21.5 Å². The van der Waals surface area contributed by atoms with E-state index >= 15 is 0 Å². The Hall–Kier alpha value is -1.59. The van der Waals surface area contributed by atoms with Crippen molar-refractivity contribution >= 4 is 34.6 Å². The van der Waals surface area contributed by atoms with E-state index in [9.17, 15) is 4.79 Å². The Bertz CT molecular complexity index is 642. The Morgan fingerprint density at radius 1 is 1.38 bits per heavy atom. The van der Waals surface area contributed by atoms with Crippen LogP contribution in [0.25, 0.3) is 0 Å². The highest BCUT2D eigenvalue weighted by Gasteiger charge is 2.18. The lowest BCUT2D eigenvalue weighted by Crippen LogP contribution is -2.12. The average molecular weight is 325 g/mol. The molecule has 2 aromatic rings. The van der Waals surface area contributed by atoms with E-state index in [1.165, 1.54) is 23.5 Å². The fourth-order valence-electron chi connectivity index (χ4n) is 1.66. The molecule has 21 heavy (non-hydrogen) atoms. The summed E-state index contributed by atoms with van der Waals surface area (Å²) >= 11 is 7.35. The van der Waals surface area contributed by atoms with Gasteiger partial charge in [-0.15, -0.1) is 11.3 Å². The molecule has 2 rings (SSSR count). The number of hydrogen-bond acceptors (Lipinski definition) is 5.